The SMILES string of the molecule is Cc1ccc(Cc2cncn2Cc2ccc(-c3cc(Cl)ccc3Cl)cc2)cc1. The molecule has 0 aliphatic heterocycles. The second-order valence-electron chi connectivity index (χ2n) is 7.00. The summed E-state index contributed by atoms with van der Waals surface area (Å²) in [5, 5.41) is 1.38. The molecule has 4 heteroatoms. The number of imidazole rings is 1. The minimum Gasteiger partial charge on any atom is -0.330 e. The molecule has 0 radical (unpaired) electrons. The first kappa shape index (κ1) is 18.8. The molecule has 140 valence electrons. The summed E-state index contributed by atoms with van der Waals surface area (Å²) in [6.07, 6.45) is 4.71. The third-order valence-electron chi connectivity index (χ3n) is 4.85. The molecule has 0 saturated heterocycles. The molecule has 0 saturated carbocycles. The van der Waals surface area contributed by atoms with E-state index >= 15 is 0 Å². The normalized spacial score (nSPS) is 11.0. The first-order valence-electron chi connectivity index (χ1n) is 9.17. The van der Waals surface area contributed by atoms with Crippen molar-refractivity contribution in [2.45, 2.75) is 19.9 Å². The van der Waals surface area contributed by atoms with Gasteiger partial charge in [-0.1, -0.05) is 77.3 Å². The molecule has 0 spiro atoms. The van der Waals surface area contributed by atoms with E-state index in [0.717, 1.165) is 24.1 Å². The number of rotatable bonds is 5. The van der Waals surface area contributed by atoms with E-state index in [4.69, 9.17) is 23.2 Å². The van der Waals surface area contributed by atoms with Gasteiger partial charge in [0.2, 0.25) is 0 Å². The fourth-order valence-electron chi connectivity index (χ4n) is 3.26. The van der Waals surface area contributed by atoms with E-state index in [1.165, 1.54) is 22.4 Å². The fraction of sp³-hybridized carbons (Fsp3) is 0.125. The quantitative estimate of drug-likeness (QED) is 0.356. The number of hydrogen-bond donors (Lipinski definition) is 0. The van der Waals surface area contributed by atoms with Gasteiger partial charge in [-0.2, -0.15) is 0 Å². The van der Waals surface area contributed by atoms with Crippen molar-refractivity contribution in [1.29, 1.82) is 0 Å². The van der Waals surface area contributed by atoms with Crippen LogP contribution in [-0.4, -0.2) is 9.55 Å². The Morgan fingerprint density at radius 2 is 1.57 bits per heavy atom. The standard InChI is InChI=1S/C24H20Cl2N2/c1-17-2-4-18(5-3-17)12-22-14-27-16-28(22)15-19-6-8-20(9-7-19)23-13-21(25)10-11-24(23)26/h2-11,13-14,16H,12,15H2,1H3. The minimum atomic E-state index is 0.683. The zero-order chi connectivity index (χ0) is 19.5. The maximum absolute atomic E-state index is 6.32. The fourth-order valence-corrected chi connectivity index (χ4v) is 3.66. The highest BCUT2D eigenvalue weighted by molar-refractivity contribution is 6.35. The third-order valence-corrected chi connectivity index (χ3v) is 5.42. The Labute approximate surface area is 175 Å². The van der Waals surface area contributed by atoms with Crippen molar-refractivity contribution in [2.24, 2.45) is 0 Å². The Kier molecular flexibility index (Phi) is 5.52. The van der Waals surface area contributed by atoms with Gasteiger partial charge in [-0.25, -0.2) is 4.98 Å². The molecule has 1 aromatic heterocycles. The van der Waals surface area contributed by atoms with Crippen molar-refractivity contribution in [1.82, 2.24) is 9.55 Å². The Morgan fingerprint density at radius 1 is 0.857 bits per heavy atom. The first-order valence-corrected chi connectivity index (χ1v) is 9.93. The average molecular weight is 407 g/mol. The number of benzene rings is 3. The summed E-state index contributed by atoms with van der Waals surface area (Å²) in [5.74, 6) is 0. The van der Waals surface area contributed by atoms with Gasteiger partial charge in [-0.05, 0) is 41.8 Å². The summed E-state index contributed by atoms with van der Waals surface area (Å²) in [6.45, 7) is 2.89. The molecule has 2 nitrogen and oxygen atoms in total. The smallest absolute Gasteiger partial charge is 0.0951 e. The van der Waals surface area contributed by atoms with E-state index in [-0.39, 0.29) is 0 Å². The lowest BCUT2D eigenvalue weighted by Crippen LogP contribution is -2.04. The van der Waals surface area contributed by atoms with Crippen molar-refractivity contribution >= 4 is 23.2 Å². The highest BCUT2D eigenvalue weighted by atomic mass is 35.5. The van der Waals surface area contributed by atoms with Gasteiger partial charge in [0.05, 0.1) is 6.33 Å². The lowest BCUT2D eigenvalue weighted by molar-refractivity contribution is 0.753. The topological polar surface area (TPSA) is 17.8 Å². The van der Waals surface area contributed by atoms with Gasteiger partial charge in [0.15, 0.2) is 0 Å². The summed E-state index contributed by atoms with van der Waals surface area (Å²) in [7, 11) is 0. The minimum absolute atomic E-state index is 0.683. The molecule has 28 heavy (non-hydrogen) atoms. The molecule has 3 aromatic carbocycles. The van der Waals surface area contributed by atoms with Gasteiger partial charge in [-0.15, -0.1) is 0 Å². The van der Waals surface area contributed by atoms with Crippen molar-refractivity contribution < 1.29 is 0 Å². The zero-order valence-electron chi connectivity index (χ0n) is 15.6. The molecular weight excluding hydrogens is 387 g/mol. The summed E-state index contributed by atoms with van der Waals surface area (Å²) >= 11 is 12.4. The molecule has 0 unspecified atom stereocenters. The lowest BCUT2D eigenvalue weighted by Gasteiger charge is -2.10. The van der Waals surface area contributed by atoms with E-state index in [0.29, 0.717) is 10.0 Å². The first-order chi connectivity index (χ1) is 13.6. The van der Waals surface area contributed by atoms with Gasteiger partial charge in [-0.3, -0.25) is 0 Å². The van der Waals surface area contributed by atoms with E-state index in [1.807, 2.05) is 24.7 Å². The van der Waals surface area contributed by atoms with Crippen LogP contribution in [0.2, 0.25) is 10.0 Å². The summed E-state index contributed by atoms with van der Waals surface area (Å²) < 4.78 is 2.20. The predicted molar refractivity (Wildman–Crippen MR) is 117 cm³/mol. The zero-order valence-corrected chi connectivity index (χ0v) is 17.1. The Balaban J connectivity index is 1.52. The van der Waals surface area contributed by atoms with Crippen LogP contribution in [0, 0.1) is 6.92 Å². The third kappa shape index (κ3) is 4.30. The molecule has 0 amide bonds. The van der Waals surface area contributed by atoms with E-state index in [9.17, 15) is 0 Å². The average Bonchev–Trinajstić information content (AvgIpc) is 3.13. The van der Waals surface area contributed by atoms with Crippen LogP contribution >= 0.6 is 23.2 Å². The summed E-state index contributed by atoms with van der Waals surface area (Å²) in [6, 6.07) is 22.6. The molecule has 0 N–H and O–H groups in total. The second-order valence-corrected chi connectivity index (χ2v) is 7.84. The molecule has 4 aromatic rings. The Morgan fingerprint density at radius 3 is 2.32 bits per heavy atom. The van der Waals surface area contributed by atoms with Crippen LogP contribution in [0.1, 0.15) is 22.4 Å². The Hall–Kier alpha value is -2.55. The number of halogens is 2. The molecule has 1 heterocycles. The number of aryl methyl sites for hydroxylation is 1. The number of hydrogen-bond acceptors (Lipinski definition) is 1. The molecule has 0 atom stereocenters. The number of aromatic nitrogens is 2. The van der Waals surface area contributed by atoms with Crippen molar-refractivity contribution in [2.75, 3.05) is 0 Å². The molecular formula is C24H20Cl2N2. The van der Waals surface area contributed by atoms with Crippen LogP contribution in [0.25, 0.3) is 11.1 Å². The molecule has 4 rings (SSSR count). The van der Waals surface area contributed by atoms with E-state index in [2.05, 4.69) is 65.0 Å². The maximum Gasteiger partial charge on any atom is 0.0951 e. The number of nitrogens with zero attached hydrogens (tertiary/aromatic N) is 2. The summed E-state index contributed by atoms with van der Waals surface area (Å²) in [5.41, 5.74) is 6.98. The molecule has 0 fully saturated rings. The van der Waals surface area contributed by atoms with E-state index < -0.39 is 0 Å². The van der Waals surface area contributed by atoms with Gasteiger partial charge in [0.25, 0.3) is 0 Å². The molecule has 0 aliphatic carbocycles. The monoisotopic (exact) mass is 406 g/mol. The van der Waals surface area contributed by atoms with E-state index in [1.54, 1.807) is 6.07 Å². The lowest BCUT2D eigenvalue weighted by atomic mass is 10.0. The Bertz CT molecular complexity index is 1080. The van der Waals surface area contributed by atoms with Gasteiger partial charge in [0, 0.05) is 40.5 Å². The van der Waals surface area contributed by atoms with Crippen LogP contribution in [0.4, 0.5) is 0 Å². The molecule has 0 aliphatic rings. The van der Waals surface area contributed by atoms with Crippen LogP contribution in [0.3, 0.4) is 0 Å². The summed E-state index contributed by atoms with van der Waals surface area (Å²) in [4.78, 5) is 4.35. The van der Waals surface area contributed by atoms with Crippen molar-refractivity contribution in [3.63, 3.8) is 0 Å². The van der Waals surface area contributed by atoms with Crippen LogP contribution in [0.5, 0.6) is 0 Å². The van der Waals surface area contributed by atoms with Crippen LogP contribution in [0.15, 0.2) is 79.3 Å². The highest BCUT2D eigenvalue weighted by Gasteiger charge is 2.07. The largest absolute Gasteiger partial charge is 0.330 e. The van der Waals surface area contributed by atoms with Gasteiger partial charge in [0.1, 0.15) is 0 Å². The van der Waals surface area contributed by atoms with Crippen LogP contribution in [-0.2, 0) is 13.0 Å². The second kappa shape index (κ2) is 8.22. The van der Waals surface area contributed by atoms with Gasteiger partial charge >= 0.3 is 0 Å². The highest BCUT2D eigenvalue weighted by Crippen LogP contribution is 2.30. The van der Waals surface area contributed by atoms with Crippen LogP contribution < -0.4 is 0 Å². The predicted octanol–water partition coefficient (Wildman–Crippen LogP) is 6.80. The van der Waals surface area contributed by atoms with Crippen molar-refractivity contribution in [3.8, 4) is 11.1 Å². The molecule has 0 bridgehead atoms. The van der Waals surface area contributed by atoms with Crippen molar-refractivity contribution in [3.05, 3.63) is 112 Å². The maximum atomic E-state index is 6.32. The van der Waals surface area contributed by atoms with Gasteiger partial charge < -0.3 is 4.57 Å².